The van der Waals surface area contributed by atoms with E-state index >= 15 is 0 Å². The highest BCUT2D eigenvalue weighted by atomic mass is 79.9. The van der Waals surface area contributed by atoms with Crippen LogP contribution in [0.1, 0.15) is 19.4 Å². The molecule has 16 heavy (non-hydrogen) atoms. The molecule has 4 heteroatoms. The van der Waals surface area contributed by atoms with E-state index in [4.69, 9.17) is 10.5 Å². The van der Waals surface area contributed by atoms with E-state index in [0.29, 0.717) is 0 Å². The highest BCUT2D eigenvalue weighted by Gasteiger charge is 2.18. The number of carbonyl (C=O) groups is 1. The van der Waals surface area contributed by atoms with Gasteiger partial charge in [0.2, 0.25) is 0 Å². The molecule has 2 atom stereocenters. The first-order valence-electron chi connectivity index (χ1n) is 5.18. The van der Waals surface area contributed by atoms with Crippen molar-refractivity contribution in [3.05, 3.63) is 34.3 Å². The molecule has 2 N–H and O–H groups in total. The summed E-state index contributed by atoms with van der Waals surface area (Å²) in [5, 5.41) is 0. The quantitative estimate of drug-likeness (QED) is 0.865. The van der Waals surface area contributed by atoms with Gasteiger partial charge in [0.1, 0.15) is 6.61 Å². The van der Waals surface area contributed by atoms with Gasteiger partial charge in [-0.15, -0.1) is 0 Å². The van der Waals surface area contributed by atoms with Gasteiger partial charge < -0.3 is 10.5 Å². The first kappa shape index (κ1) is 13.2. The topological polar surface area (TPSA) is 52.3 Å². The lowest BCUT2D eigenvalue weighted by Gasteiger charge is -2.14. The zero-order chi connectivity index (χ0) is 12.1. The molecule has 0 spiro atoms. The van der Waals surface area contributed by atoms with Crippen LogP contribution in [0.15, 0.2) is 28.7 Å². The maximum absolute atomic E-state index is 11.6. The second-order valence-corrected chi connectivity index (χ2v) is 4.70. The summed E-state index contributed by atoms with van der Waals surface area (Å²) in [5.41, 5.74) is 6.58. The summed E-state index contributed by atoms with van der Waals surface area (Å²) in [6.45, 7) is 3.84. The molecular weight excluding hydrogens is 270 g/mol. The van der Waals surface area contributed by atoms with Gasteiger partial charge in [0, 0.05) is 16.1 Å². The van der Waals surface area contributed by atoms with Crippen LogP contribution in [0.3, 0.4) is 0 Å². The summed E-state index contributed by atoms with van der Waals surface area (Å²) in [6.07, 6.45) is 0. The van der Waals surface area contributed by atoms with E-state index in [1.165, 1.54) is 0 Å². The second-order valence-electron chi connectivity index (χ2n) is 3.85. The molecule has 1 aromatic rings. The Labute approximate surface area is 104 Å². The van der Waals surface area contributed by atoms with E-state index in [-0.39, 0.29) is 24.5 Å². The van der Waals surface area contributed by atoms with Crippen molar-refractivity contribution in [2.24, 2.45) is 11.7 Å². The lowest BCUT2D eigenvalue weighted by Crippen LogP contribution is -2.31. The fraction of sp³-hybridized carbons (Fsp3) is 0.417. The van der Waals surface area contributed by atoms with Crippen LogP contribution in [-0.2, 0) is 16.1 Å². The van der Waals surface area contributed by atoms with Gasteiger partial charge in [-0.3, -0.25) is 4.79 Å². The smallest absolute Gasteiger partial charge is 0.310 e. The van der Waals surface area contributed by atoms with Gasteiger partial charge in [-0.05, 0) is 13.0 Å². The lowest BCUT2D eigenvalue weighted by atomic mass is 10.1. The van der Waals surface area contributed by atoms with Crippen molar-refractivity contribution in [2.45, 2.75) is 26.5 Å². The molecule has 3 nitrogen and oxygen atoms in total. The third kappa shape index (κ3) is 3.61. The molecule has 0 aliphatic rings. The summed E-state index contributed by atoms with van der Waals surface area (Å²) in [6, 6.07) is 7.46. The summed E-state index contributed by atoms with van der Waals surface area (Å²) in [7, 11) is 0. The van der Waals surface area contributed by atoms with Crippen LogP contribution in [0.2, 0.25) is 0 Å². The predicted octanol–water partition coefficient (Wildman–Crippen LogP) is 2.48. The van der Waals surface area contributed by atoms with Gasteiger partial charge in [0.15, 0.2) is 0 Å². The van der Waals surface area contributed by atoms with E-state index in [9.17, 15) is 4.79 Å². The van der Waals surface area contributed by atoms with Crippen molar-refractivity contribution in [1.82, 2.24) is 0 Å². The number of carbonyl (C=O) groups excluding carboxylic acids is 1. The number of nitrogens with two attached hydrogens (primary N) is 1. The highest BCUT2D eigenvalue weighted by molar-refractivity contribution is 9.10. The average molecular weight is 286 g/mol. The Morgan fingerprint density at radius 2 is 2.06 bits per heavy atom. The number of hydrogen-bond acceptors (Lipinski definition) is 3. The van der Waals surface area contributed by atoms with Crippen molar-refractivity contribution in [3.63, 3.8) is 0 Å². The van der Waals surface area contributed by atoms with Gasteiger partial charge in [-0.2, -0.15) is 0 Å². The molecular formula is C12H16BrNO2. The number of benzene rings is 1. The molecule has 88 valence electrons. The van der Waals surface area contributed by atoms with E-state index in [2.05, 4.69) is 15.9 Å². The standard InChI is InChI=1S/C12H16BrNO2/c1-8(9(2)14)12(15)16-7-10-5-3-4-6-11(10)13/h3-6,8-9H,7,14H2,1-2H3. The SMILES string of the molecule is CC(N)C(C)C(=O)OCc1ccccc1Br. The number of ether oxygens (including phenoxy) is 1. The van der Waals surface area contributed by atoms with Crippen molar-refractivity contribution < 1.29 is 9.53 Å². The Morgan fingerprint density at radius 1 is 1.44 bits per heavy atom. The molecule has 0 aliphatic heterocycles. The van der Waals surface area contributed by atoms with Gasteiger partial charge in [-0.25, -0.2) is 0 Å². The van der Waals surface area contributed by atoms with Crippen LogP contribution < -0.4 is 5.73 Å². The minimum atomic E-state index is -0.275. The molecule has 0 amide bonds. The monoisotopic (exact) mass is 285 g/mol. The Morgan fingerprint density at radius 3 is 2.62 bits per heavy atom. The fourth-order valence-electron chi connectivity index (χ4n) is 1.11. The highest BCUT2D eigenvalue weighted by Crippen LogP contribution is 2.17. The van der Waals surface area contributed by atoms with Crippen molar-refractivity contribution in [1.29, 1.82) is 0 Å². The number of rotatable bonds is 4. The Kier molecular flexibility index (Phi) is 4.96. The Bertz CT molecular complexity index is 366. The van der Waals surface area contributed by atoms with Crippen LogP contribution in [0.25, 0.3) is 0 Å². The van der Waals surface area contributed by atoms with Crippen LogP contribution in [0.5, 0.6) is 0 Å². The molecule has 1 aromatic carbocycles. The molecule has 1 rings (SSSR count). The minimum Gasteiger partial charge on any atom is -0.461 e. The number of hydrogen-bond donors (Lipinski definition) is 1. The summed E-state index contributed by atoms with van der Waals surface area (Å²) in [4.78, 5) is 11.6. The van der Waals surface area contributed by atoms with Crippen LogP contribution in [0.4, 0.5) is 0 Å². The first-order valence-corrected chi connectivity index (χ1v) is 5.97. The Balaban J connectivity index is 2.52. The van der Waals surface area contributed by atoms with Gasteiger partial charge >= 0.3 is 5.97 Å². The van der Waals surface area contributed by atoms with Gasteiger partial charge in [0.05, 0.1) is 5.92 Å². The van der Waals surface area contributed by atoms with Gasteiger partial charge in [-0.1, -0.05) is 41.1 Å². The molecule has 0 fully saturated rings. The van der Waals surface area contributed by atoms with Crippen LogP contribution >= 0.6 is 15.9 Å². The molecule has 0 saturated heterocycles. The molecule has 0 bridgehead atoms. The van der Waals surface area contributed by atoms with E-state index < -0.39 is 0 Å². The van der Waals surface area contributed by atoms with Crippen molar-refractivity contribution in [3.8, 4) is 0 Å². The Hall–Kier alpha value is -0.870. The van der Waals surface area contributed by atoms with Gasteiger partial charge in [0.25, 0.3) is 0 Å². The zero-order valence-corrected chi connectivity index (χ0v) is 11.0. The molecule has 0 heterocycles. The third-order valence-electron chi connectivity index (χ3n) is 2.49. The maximum Gasteiger partial charge on any atom is 0.310 e. The average Bonchev–Trinajstić information content (AvgIpc) is 2.26. The number of esters is 1. The van der Waals surface area contributed by atoms with Crippen LogP contribution in [0, 0.1) is 5.92 Å². The zero-order valence-electron chi connectivity index (χ0n) is 9.44. The minimum absolute atomic E-state index is 0.188. The predicted molar refractivity (Wildman–Crippen MR) is 66.8 cm³/mol. The number of halogens is 1. The normalized spacial score (nSPS) is 14.2. The lowest BCUT2D eigenvalue weighted by molar-refractivity contribution is -0.149. The van der Waals surface area contributed by atoms with E-state index in [0.717, 1.165) is 10.0 Å². The summed E-state index contributed by atoms with van der Waals surface area (Å²) >= 11 is 3.40. The fourth-order valence-corrected chi connectivity index (χ4v) is 1.51. The molecule has 0 aromatic heterocycles. The largest absolute Gasteiger partial charge is 0.461 e. The molecule has 0 aliphatic carbocycles. The molecule has 2 unspecified atom stereocenters. The molecule has 0 radical (unpaired) electrons. The van der Waals surface area contributed by atoms with Crippen molar-refractivity contribution in [2.75, 3.05) is 0 Å². The third-order valence-corrected chi connectivity index (χ3v) is 3.26. The summed E-state index contributed by atoms with van der Waals surface area (Å²) in [5.74, 6) is -0.534. The first-order chi connectivity index (χ1) is 7.52. The maximum atomic E-state index is 11.6. The summed E-state index contributed by atoms with van der Waals surface area (Å²) < 4.78 is 6.12. The van der Waals surface area contributed by atoms with Crippen molar-refractivity contribution >= 4 is 21.9 Å². The van der Waals surface area contributed by atoms with E-state index in [1.54, 1.807) is 13.8 Å². The van der Waals surface area contributed by atoms with Crippen LogP contribution in [-0.4, -0.2) is 12.0 Å². The van der Waals surface area contributed by atoms with E-state index in [1.807, 2.05) is 24.3 Å². The second kappa shape index (κ2) is 6.01. The molecule has 0 saturated carbocycles.